The lowest BCUT2D eigenvalue weighted by molar-refractivity contribution is 0.0602. The summed E-state index contributed by atoms with van der Waals surface area (Å²) >= 11 is 0. The van der Waals surface area contributed by atoms with Crippen LogP contribution in [-0.2, 0) is 30.3 Å². The van der Waals surface area contributed by atoms with E-state index in [9.17, 15) is 13.2 Å². The van der Waals surface area contributed by atoms with Gasteiger partial charge in [-0.2, -0.15) is 8.42 Å². The predicted octanol–water partition coefficient (Wildman–Crippen LogP) is 1.51. The number of benzene rings is 1. The first-order valence-corrected chi connectivity index (χ1v) is 9.61. The summed E-state index contributed by atoms with van der Waals surface area (Å²) in [4.78, 5) is 16.3. The first-order valence-electron chi connectivity index (χ1n) is 7.80. The van der Waals surface area contributed by atoms with Crippen LogP contribution in [0.4, 0.5) is 0 Å². The zero-order chi connectivity index (χ0) is 18.4. The molecule has 2 rings (SSSR count). The van der Waals surface area contributed by atoms with E-state index < -0.39 is 16.1 Å². The quantitative estimate of drug-likeness (QED) is 0.375. The predicted molar refractivity (Wildman–Crippen MR) is 92.0 cm³/mol. The molecule has 1 aromatic heterocycles. The highest BCUT2D eigenvalue weighted by Crippen LogP contribution is 2.21. The Balaban J connectivity index is 1.93. The van der Waals surface area contributed by atoms with Crippen LogP contribution in [0.5, 0.6) is 0 Å². The van der Waals surface area contributed by atoms with Crippen LogP contribution in [0.3, 0.4) is 0 Å². The molecule has 0 aliphatic heterocycles. The number of rotatable bonds is 9. The van der Waals surface area contributed by atoms with Gasteiger partial charge in [0.05, 0.1) is 37.7 Å². The van der Waals surface area contributed by atoms with E-state index in [1.54, 1.807) is 12.1 Å². The third kappa shape index (κ3) is 5.25. The second-order valence-electron chi connectivity index (χ2n) is 5.47. The van der Waals surface area contributed by atoms with E-state index >= 15 is 0 Å². The highest BCUT2D eigenvalue weighted by Gasteiger charge is 2.15. The molecule has 0 aliphatic carbocycles. The van der Waals surface area contributed by atoms with Gasteiger partial charge >= 0.3 is 5.97 Å². The van der Waals surface area contributed by atoms with Crippen molar-refractivity contribution in [3.05, 3.63) is 29.6 Å². The standard InChI is InChI=1S/C16H22N2O6S/c1-12-17-15-13(16(19)22-2)6-4-7-14(15)18(12)8-5-9-23-10-11-24-25(3,20)21/h4,6-7H,5,8-11H2,1-3H3. The van der Waals surface area contributed by atoms with E-state index in [-0.39, 0.29) is 13.2 Å². The molecule has 2 aromatic rings. The van der Waals surface area contributed by atoms with Crippen LogP contribution in [0.2, 0.25) is 0 Å². The van der Waals surface area contributed by atoms with Crippen molar-refractivity contribution < 1.29 is 26.9 Å². The van der Waals surface area contributed by atoms with Crippen LogP contribution in [0.15, 0.2) is 18.2 Å². The van der Waals surface area contributed by atoms with E-state index in [1.165, 1.54) is 7.11 Å². The average Bonchev–Trinajstić information content (AvgIpc) is 2.87. The molecule has 0 saturated heterocycles. The maximum absolute atomic E-state index is 11.8. The second-order valence-corrected chi connectivity index (χ2v) is 7.11. The van der Waals surface area contributed by atoms with Gasteiger partial charge < -0.3 is 14.0 Å². The fourth-order valence-corrected chi connectivity index (χ4v) is 2.86. The van der Waals surface area contributed by atoms with Gasteiger partial charge in [0.1, 0.15) is 11.3 Å². The van der Waals surface area contributed by atoms with Gasteiger partial charge in [0, 0.05) is 13.2 Å². The minimum Gasteiger partial charge on any atom is -0.465 e. The number of esters is 1. The molecular weight excluding hydrogens is 348 g/mol. The number of aromatic nitrogens is 2. The Morgan fingerprint density at radius 2 is 2.00 bits per heavy atom. The van der Waals surface area contributed by atoms with E-state index in [2.05, 4.69) is 9.17 Å². The van der Waals surface area contributed by atoms with Crippen molar-refractivity contribution in [2.24, 2.45) is 0 Å². The molecule has 25 heavy (non-hydrogen) atoms. The SMILES string of the molecule is COC(=O)c1cccc2c1nc(C)n2CCCOCCOS(C)(=O)=O. The average molecular weight is 370 g/mol. The summed E-state index contributed by atoms with van der Waals surface area (Å²) in [5.74, 6) is 0.385. The fraction of sp³-hybridized carbons (Fsp3) is 0.500. The van der Waals surface area contributed by atoms with Gasteiger partial charge in [-0.1, -0.05) is 6.07 Å². The van der Waals surface area contributed by atoms with Gasteiger partial charge in [0.25, 0.3) is 10.1 Å². The number of aryl methyl sites for hydroxylation is 2. The Kier molecular flexibility index (Phi) is 6.51. The lowest BCUT2D eigenvalue weighted by atomic mass is 10.2. The molecule has 9 heteroatoms. The minimum atomic E-state index is -3.43. The van der Waals surface area contributed by atoms with Gasteiger partial charge in [0.15, 0.2) is 0 Å². The molecule has 1 aromatic carbocycles. The highest BCUT2D eigenvalue weighted by molar-refractivity contribution is 7.85. The smallest absolute Gasteiger partial charge is 0.340 e. The Morgan fingerprint density at radius 3 is 2.68 bits per heavy atom. The molecule has 0 fully saturated rings. The third-order valence-electron chi connectivity index (χ3n) is 3.57. The third-order valence-corrected chi connectivity index (χ3v) is 4.17. The number of fused-ring (bicyclic) bond motifs is 1. The number of imidazole rings is 1. The minimum absolute atomic E-state index is 0.00829. The van der Waals surface area contributed by atoms with Crippen molar-refractivity contribution in [2.75, 3.05) is 33.2 Å². The maximum atomic E-state index is 11.8. The van der Waals surface area contributed by atoms with Gasteiger partial charge in [0.2, 0.25) is 0 Å². The maximum Gasteiger partial charge on any atom is 0.340 e. The van der Waals surface area contributed by atoms with Crippen LogP contribution < -0.4 is 0 Å². The number of nitrogens with zero attached hydrogens (tertiary/aromatic N) is 2. The van der Waals surface area contributed by atoms with Crippen LogP contribution in [0.25, 0.3) is 11.0 Å². The van der Waals surface area contributed by atoms with E-state index in [4.69, 9.17) is 9.47 Å². The normalized spacial score (nSPS) is 11.8. The van der Waals surface area contributed by atoms with E-state index in [0.717, 1.165) is 17.6 Å². The molecule has 1 heterocycles. The van der Waals surface area contributed by atoms with Gasteiger partial charge in [-0.05, 0) is 25.5 Å². The second kappa shape index (κ2) is 8.41. The Hall–Kier alpha value is -1.97. The van der Waals surface area contributed by atoms with Crippen molar-refractivity contribution in [3.8, 4) is 0 Å². The van der Waals surface area contributed by atoms with Crippen molar-refractivity contribution in [2.45, 2.75) is 19.9 Å². The summed E-state index contributed by atoms with van der Waals surface area (Å²) in [7, 11) is -2.08. The molecule has 0 atom stereocenters. The Bertz CT molecular complexity index is 844. The Labute approximate surface area is 146 Å². The largest absolute Gasteiger partial charge is 0.465 e. The molecule has 0 N–H and O–H groups in total. The Morgan fingerprint density at radius 1 is 1.24 bits per heavy atom. The van der Waals surface area contributed by atoms with Gasteiger partial charge in [-0.25, -0.2) is 9.78 Å². The number of hydrogen-bond donors (Lipinski definition) is 0. The monoisotopic (exact) mass is 370 g/mol. The molecule has 0 saturated carbocycles. The lowest BCUT2D eigenvalue weighted by Gasteiger charge is -2.08. The molecule has 8 nitrogen and oxygen atoms in total. The number of methoxy groups -OCH3 is 1. The summed E-state index contributed by atoms with van der Waals surface area (Å²) in [5, 5.41) is 0. The van der Waals surface area contributed by atoms with Crippen molar-refractivity contribution in [1.29, 1.82) is 0 Å². The lowest BCUT2D eigenvalue weighted by Crippen LogP contribution is -2.11. The van der Waals surface area contributed by atoms with Crippen LogP contribution in [0.1, 0.15) is 22.6 Å². The molecule has 0 bridgehead atoms. The summed E-state index contributed by atoms with van der Waals surface area (Å²) in [6.07, 6.45) is 1.72. The number of carbonyl (C=O) groups excluding carboxylic acids is 1. The summed E-state index contributed by atoms with van der Waals surface area (Å²) < 4.78 is 38.4. The number of ether oxygens (including phenoxy) is 2. The molecule has 0 spiro atoms. The molecule has 0 amide bonds. The van der Waals surface area contributed by atoms with Crippen molar-refractivity contribution in [1.82, 2.24) is 9.55 Å². The molecule has 0 radical (unpaired) electrons. The highest BCUT2D eigenvalue weighted by atomic mass is 32.2. The van der Waals surface area contributed by atoms with Gasteiger partial charge in [-0.3, -0.25) is 4.18 Å². The van der Waals surface area contributed by atoms with Gasteiger partial charge in [-0.15, -0.1) is 0 Å². The number of hydrogen-bond acceptors (Lipinski definition) is 7. The van der Waals surface area contributed by atoms with E-state index in [0.29, 0.717) is 30.7 Å². The number of para-hydroxylation sites is 1. The molecule has 0 aliphatic rings. The first kappa shape index (κ1) is 19.4. The molecule has 0 unspecified atom stereocenters. The van der Waals surface area contributed by atoms with Crippen LogP contribution in [0, 0.1) is 6.92 Å². The molecular formula is C16H22N2O6S. The summed E-state index contributed by atoms with van der Waals surface area (Å²) in [6.45, 7) is 3.22. The van der Waals surface area contributed by atoms with Crippen LogP contribution >= 0.6 is 0 Å². The fourth-order valence-electron chi connectivity index (χ4n) is 2.49. The first-order chi connectivity index (χ1) is 11.8. The van der Waals surface area contributed by atoms with Crippen molar-refractivity contribution in [3.63, 3.8) is 0 Å². The van der Waals surface area contributed by atoms with E-state index in [1.807, 2.05) is 17.6 Å². The topological polar surface area (TPSA) is 96.7 Å². The summed E-state index contributed by atoms with van der Waals surface area (Å²) in [5.41, 5.74) is 1.92. The molecule has 138 valence electrons. The zero-order valence-electron chi connectivity index (χ0n) is 14.5. The zero-order valence-corrected chi connectivity index (χ0v) is 15.3. The van der Waals surface area contributed by atoms with Crippen molar-refractivity contribution >= 4 is 27.1 Å². The summed E-state index contributed by atoms with van der Waals surface area (Å²) in [6, 6.07) is 5.39. The van der Waals surface area contributed by atoms with Crippen LogP contribution in [-0.4, -0.2) is 57.1 Å². The number of carbonyl (C=O) groups is 1.